The van der Waals surface area contributed by atoms with Gasteiger partial charge in [-0.3, -0.25) is 4.68 Å². The van der Waals surface area contributed by atoms with Crippen LogP contribution >= 0.6 is 0 Å². The second-order valence-corrected chi connectivity index (χ2v) is 8.91. The summed E-state index contributed by atoms with van der Waals surface area (Å²) in [6, 6.07) is 1.17. The summed E-state index contributed by atoms with van der Waals surface area (Å²) in [7, 11) is 2.23. The average Bonchev–Trinajstić information content (AvgIpc) is 3.22. The highest BCUT2D eigenvalue weighted by atomic mass is 15.4. The van der Waals surface area contributed by atoms with Crippen molar-refractivity contribution in [1.29, 1.82) is 0 Å². The first kappa shape index (κ1) is 19.3. The first-order valence-electron chi connectivity index (χ1n) is 10.8. The van der Waals surface area contributed by atoms with E-state index < -0.39 is 0 Å². The molecule has 2 atom stereocenters. The smallest absolute Gasteiger partial charge is 0.225 e. The normalized spacial score (nSPS) is 22.8. The molecule has 2 saturated heterocycles. The average molecular weight is 384 g/mol. The van der Waals surface area contributed by atoms with Gasteiger partial charge in [0, 0.05) is 43.8 Å². The standard InChI is InChI=1S/C21H33N7/c1-16(2)13-27-14-18(24-25-27)6-4-5-17-11-22-21(23-12-17)28-19-7-8-20(28)15-26(3)10-9-19/h11-12,14,16,19-20H,4-10,13,15H2,1-3H3. The molecule has 0 spiro atoms. The number of aryl methyl sites for hydroxylation is 2. The third kappa shape index (κ3) is 4.51. The van der Waals surface area contributed by atoms with Gasteiger partial charge in [0.15, 0.2) is 0 Å². The van der Waals surface area contributed by atoms with E-state index in [0.717, 1.165) is 44.0 Å². The number of nitrogens with zero attached hydrogens (tertiary/aromatic N) is 7. The Labute approximate surface area is 168 Å². The first-order chi connectivity index (χ1) is 13.6. The van der Waals surface area contributed by atoms with Crippen molar-refractivity contribution in [3.05, 3.63) is 29.8 Å². The van der Waals surface area contributed by atoms with Crippen molar-refractivity contribution in [3.8, 4) is 0 Å². The molecule has 2 bridgehead atoms. The number of fused-ring (bicyclic) bond motifs is 2. The molecule has 2 fully saturated rings. The Morgan fingerprint density at radius 3 is 2.64 bits per heavy atom. The second-order valence-electron chi connectivity index (χ2n) is 8.91. The van der Waals surface area contributed by atoms with Crippen LogP contribution in [0.1, 0.15) is 50.8 Å². The van der Waals surface area contributed by atoms with Gasteiger partial charge in [-0.1, -0.05) is 19.1 Å². The van der Waals surface area contributed by atoms with Crippen LogP contribution in [0, 0.1) is 5.92 Å². The maximum atomic E-state index is 4.74. The molecule has 2 unspecified atom stereocenters. The SMILES string of the molecule is CC(C)Cn1cc(CCCc2cnc(N3C4CCC3CN(C)CC4)nc2)nn1. The van der Waals surface area contributed by atoms with E-state index in [1.807, 2.05) is 17.1 Å². The van der Waals surface area contributed by atoms with Crippen LogP contribution in [-0.2, 0) is 19.4 Å². The van der Waals surface area contributed by atoms with Gasteiger partial charge in [0.1, 0.15) is 0 Å². The van der Waals surface area contributed by atoms with Crippen LogP contribution in [0.2, 0.25) is 0 Å². The number of rotatable bonds is 7. The summed E-state index contributed by atoms with van der Waals surface area (Å²) in [6.07, 6.45) is 12.8. The Balaban J connectivity index is 1.31. The number of anilines is 1. The fourth-order valence-corrected chi connectivity index (χ4v) is 4.57. The third-order valence-electron chi connectivity index (χ3n) is 5.95. The fourth-order valence-electron chi connectivity index (χ4n) is 4.57. The number of hydrogen-bond donors (Lipinski definition) is 0. The topological polar surface area (TPSA) is 63.0 Å². The van der Waals surface area contributed by atoms with Gasteiger partial charge in [0.05, 0.1) is 5.69 Å². The highest BCUT2D eigenvalue weighted by molar-refractivity contribution is 5.36. The summed E-state index contributed by atoms with van der Waals surface area (Å²) >= 11 is 0. The predicted molar refractivity (Wildman–Crippen MR) is 110 cm³/mol. The minimum Gasteiger partial charge on any atom is -0.334 e. The minimum absolute atomic E-state index is 0.566. The maximum Gasteiger partial charge on any atom is 0.225 e. The molecule has 0 aliphatic carbocycles. The van der Waals surface area contributed by atoms with E-state index in [1.54, 1.807) is 0 Å². The van der Waals surface area contributed by atoms with Crippen molar-refractivity contribution < 1.29 is 0 Å². The summed E-state index contributed by atoms with van der Waals surface area (Å²) in [5.74, 6) is 1.51. The molecule has 0 saturated carbocycles. The van der Waals surface area contributed by atoms with Gasteiger partial charge in [0.25, 0.3) is 0 Å². The van der Waals surface area contributed by atoms with Crippen molar-refractivity contribution in [2.45, 2.75) is 71.0 Å². The second kappa shape index (κ2) is 8.55. The zero-order valence-electron chi connectivity index (χ0n) is 17.5. The number of likely N-dealkylation sites (tertiary alicyclic amines) is 1. The number of likely N-dealkylation sites (N-methyl/N-ethyl adjacent to an activating group) is 1. The Morgan fingerprint density at radius 1 is 1.07 bits per heavy atom. The first-order valence-corrected chi connectivity index (χ1v) is 10.8. The Hall–Kier alpha value is -2.02. The summed E-state index contributed by atoms with van der Waals surface area (Å²) in [5, 5.41) is 8.50. The Kier molecular flexibility index (Phi) is 5.90. The number of aromatic nitrogens is 5. The maximum absolute atomic E-state index is 4.74. The highest BCUT2D eigenvalue weighted by Gasteiger charge is 2.37. The molecule has 2 aliphatic heterocycles. The van der Waals surface area contributed by atoms with Crippen LogP contribution in [0.4, 0.5) is 5.95 Å². The molecule has 152 valence electrons. The molecule has 0 amide bonds. The molecule has 4 heterocycles. The molecule has 28 heavy (non-hydrogen) atoms. The lowest BCUT2D eigenvalue weighted by Crippen LogP contribution is -2.39. The van der Waals surface area contributed by atoms with Crippen LogP contribution in [-0.4, -0.2) is 62.1 Å². The Morgan fingerprint density at radius 2 is 1.86 bits per heavy atom. The largest absolute Gasteiger partial charge is 0.334 e. The van der Waals surface area contributed by atoms with Crippen molar-refractivity contribution in [3.63, 3.8) is 0 Å². The van der Waals surface area contributed by atoms with Crippen LogP contribution in [0.25, 0.3) is 0 Å². The van der Waals surface area contributed by atoms with Gasteiger partial charge in [-0.05, 0) is 63.6 Å². The van der Waals surface area contributed by atoms with E-state index in [4.69, 9.17) is 9.97 Å². The van der Waals surface area contributed by atoms with Gasteiger partial charge in [0.2, 0.25) is 5.95 Å². The van der Waals surface area contributed by atoms with Crippen molar-refractivity contribution in [2.75, 3.05) is 25.0 Å². The Bertz CT molecular complexity index is 754. The summed E-state index contributed by atoms with van der Waals surface area (Å²) in [4.78, 5) is 14.4. The van der Waals surface area contributed by atoms with Crippen LogP contribution < -0.4 is 4.90 Å². The van der Waals surface area contributed by atoms with Crippen LogP contribution in [0.5, 0.6) is 0 Å². The molecular formula is C21H33N7. The van der Waals surface area contributed by atoms with Gasteiger partial charge in [-0.15, -0.1) is 5.10 Å². The summed E-state index contributed by atoms with van der Waals surface area (Å²) in [6.45, 7) is 7.62. The molecule has 4 rings (SSSR count). The molecule has 2 aromatic rings. The highest BCUT2D eigenvalue weighted by Crippen LogP contribution is 2.32. The van der Waals surface area contributed by atoms with Gasteiger partial charge in [-0.25, -0.2) is 9.97 Å². The summed E-state index contributed by atoms with van der Waals surface area (Å²) in [5.41, 5.74) is 2.28. The molecule has 7 nitrogen and oxygen atoms in total. The lowest BCUT2D eigenvalue weighted by Gasteiger charge is -2.28. The van der Waals surface area contributed by atoms with Gasteiger partial charge >= 0.3 is 0 Å². The molecule has 0 radical (unpaired) electrons. The fraction of sp³-hybridized carbons (Fsp3) is 0.714. The molecular weight excluding hydrogens is 350 g/mol. The van der Waals surface area contributed by atoms with Gasteiger partial charge in [-0.2, -0.15) is 0 Å². The van der Waals surface area contributed by atoms with E-state index in [-0.39, 0.29) is 0 Å². The zero-order valence-corrected chi connectivity index (χ0v) is 17.5. The summed E-state index contributed by atoms with van der Waals surface area (Å²) < 4.78 is 1.95. The molecule has 0 N–H and O–H groups in total. The van der Waals surface area contributed by atoms with E-state index in [2.05, 4.69) is 47.2 Å². The van der Waals surface area contributed by atoms with Crippen LogP contribution in [0.3, 0.4) is 0 Å². The van der Waals surface area contributed by atoms with Crippen molar-refractivity contribution in [1.82, 2.24) is 29.9 Å². The molecule has 2 aliphatic rings. The van der Waals surface area contributed by atoms with E-state index in [0.29, 0.717) is 18.0 Å². The molecule has 0 aromatic carbocycles. The third-order valence-corrected chi connectivity index (χ3v) is 5.95. The van der Waals surface area contributed by atoms with E-state index in [1.165, 1.54) is 31.4 Å². The minimum atomic E-state index is 0.566. The zero-order chi connectivity index (χ0) is 19.5. The quantitative estimate of drug-likeness (QED) is 0.732. The van der Waals surface area contributed by atoms with E-state index in [9.17, 15) is 0 Å². The molecule has 7 heteroatoms. The van der Waals surface area contributed by atoms with Crippen molar-refractivity contribution >= 4 is 5.95 Å². The van der Waals surface area contributed by atoms with Crippen molar-refractivity contribution in [2.24, 2.45) is 5.92 Å². The molecule has 2 aromatic heterocycles. The monoisotopic (exact) mass is 383 g/mol. The lowest BCUT2D eigenvalue weighted by molar-refractivity contribution is 0.315. The predicted octanol–water partition coefficient (Wildman–Crippen LogP) is 2.57. The van der Waals surface area contributed by atoms with Gasteiger partial charge < -0.3 is 9.80 Å². The van der Waals surface area contributed by atoms with E-state index >= 15 is 0 Å². The lowest BCUT2D eigenvalue weighted by atomic mass is 10.1. The van der Waals surface area contributed by atoms with Crippen LogP contribution in [0.15, 0.2) is 18.6 Å². The number of hydrogen-bond acceptors (Lipinski definition) is 6.